The molecular formula is C22H30N2O2. The number of benzene rings is 1. The van der Waals surface area contributed by atoms with Crippen molar-refractivity contribution in [2.75, 3.05) is 19.6 Å². The number of imide groups is 1. The molecule has 140 valence electrons. The van der Waals surface area contributed by atoms with Crippen LogP contribution in [-0.2, 0) is 9.59 Å². The molecule has 4 heteroatoms. The molecule has 26 heavy (non-hydrogen) atoms. The molecule has 0 aromatic heterocycles. The van der Waals surface area contributed by atoms with Gasteiger partial charge in [-0.1, -0.05) is 38.0 Å². The smallest absolute Gasteiger partial charge is 0.277 e. The van der Waals surface area contributed by atoms with Crippen LogP contribution in [0.25, 0.3) is 5.57 Å². The van der Waals surface area contributed by atoms with Gasteiger partial charge in [0.1, 0.15) is 5.70 Å². The Morgan fingerprint density at radius 3 is 2.31 bits per heavy atom. The minimum absolute atomic E-state index is 0.0961. The second kappa shape index (κ2) is 8.07. The summed E-state index contributed by atoms with van der Waals surface area (Å²) in [5.41, 5.74) is 4.47. The Labute approximate surface area is 156 Å². The van der Waals surface area contributed by atoms with Crippen molar-refractivity contribution in [3.8, 4) is 0 Å². The second-order valence-corrected chi connectivity index (χ2v) is 7.54. The number of rotatable bonds is 6. The number of hydrogen-bond donors (Lipinski definition) is 0. The normalized spacial score (nSPS) is 18.3. The third-order valence-electron chi connectivity index (χ3n) is 5.60. The highest BCUT2D eigenvalue weighted by Gasteiger charge is 2.41. The van der Waals surface area contributed by atoms with E-state index in [-0.39, 0.29) is 11.8 Å². The van der Waals surface area contributed by atoms with Gasteiger partial charge < -0.3 is 4.90 Å². The van der Waals surface area contributed by atoms with Crippen LogP contribution in [0.3, 0.4) is 0 Å². The lowest BCUT2D eigenvalue weighted by Gasteiger charge is -2.29. The number of piperidine rings is 1. The monoisotopic (exact) mass is 354 g/mol. The molecular weight excluding hydrogens is 324 g/mol. The third-order valence-corrected chi connectivity index (χ3v) is 5.60. The van der Waals surface area contributed by atoms with Crippen LogP contribution in [0.4, 0.5) is 0 Å². The van der Waals surface area contributed by atoms with Gasteiger partial charge >= 0.3 is 0 Å². The van der Waals surface area contributed by atoms with Gasteiger partial charge in [-0.2, -0.15) is 0 Å². The van der Waals surface area contributed by atoms with Crippen LogP contribution in [0, 0.1) is 13.8 Å². The van der Waals surface area contributed by atoms with Crippen molar-refractivity contribution in [2.24, 2.45) is 0 Å². The van der Waals surface area contributed by atoms with E-state index < -0.39 is 0 Å². The maximum atomic E-state index is 13.2. The van der Waals surface area contributed by atoms with Crippen LogP contribution in [0.2, 0.25) is 0 Å². The highest BCUT2D eigenvalue weighted by Crippen LogP contribution is 2.34. The van der Waals surface area contributed by atoms with Crippen LogP contribution in [-0.4, -0.2) is 41.2 Å². The maximum Gasteiger partial charge on any atom is 0.277 e. The van der Waals surface area contributed by atoms with E-state index in [9.17, 15) is 9.59 Å². The molecule has 1 saturated heterocycles. The van der Waals surface area contributed by atoms with Gasteiger partial charge in [0, 0.05) is 19.6 Å². The molecule has 2 aliphatic rings. The lowest BCUT2D eigenvalue weighted by atomic mass is 9.98. The summed E-state index contributed by atoms with van der Waals surface area (Å²) in [5, 5.41) is 0. The van der Waals surface area contributed by atoms with Crippen molar-refractivity contribution >= 4 is 17.4 Å². The van der Waals surface area contributed by atoms with E-state index in [1.54, 1.807) is 0 Å². The molecule has 1 fully saturated rings. The fourth-order valence-corrected chi connectivity index (χ4v) is 3.85. The first-order chi connectivity index (χ1) is 12.5. The van der Waals surface area contributed by atoms with Crippen LogP contribution < -0.4 is 0 Å². The van der Waals surface area contributed by atoms with Crippen molar-refractivity contribution in [2.45, 2.75) is 59.3 Å². The van der Waals surface area contributed by atoms with Gasteiger partial charge in [0.2, 0.25) is 0 Å². The molecule has 0 unspecified atom stereocenters. The van der Waals surface area contributed by atoms with E-state index in [0.717, 1.165) is 56.3 Å². The van der Waals surface area contributed by atoms with Gasteiger partial charge in [-0.25, -0.2) is 0 Å². The summed E-state index contributed by atoms with van der Waals surface area (Å²) in [6, 6.07) is 6.08. The highest BCUT2D eigenvalue weighted by molar-refractivity contribution is 6.35. The standard InChI is InChI=1S/C22H30N2O2/c1-4-5-7-14-24-21(25)19(18-11-10-16(2)17(3)15-18)20(22(24)26)23-12-8-6-9-13-23/h10-11,15H,4-9,12-14H2,1-3H3. The van der Waals surface area contributed by atoms with Crippen molar-refractivity contribution in [3.63, 3.8) is 0 Å². The zero-order valence-corrected chi connectivity index (χ0v) is 16.3. The molecule has 1 aromatic carbocycles. The van der Waals surface area contributed by atoms with Crippen molar-refractivity contribution in [1.29, 1.82) is 0 Å². The summed E-state index contributed by atoms with van der Waals surface area (Å²) in [7, 11) is 0. The molecule has 0 spiro atoms. The van der Waals surface area contributed by atoms with Gasteiger partial charge in [0.05, 0.1) is 5.57 Å². The molecule has 0 aliphatic carbocycles. The number of unbranched alkanes of at least 4 members (excludes halogenated alkanes) is 2. The summed E-state index contributed by atoms with van der Waals surface area (Å²) in [6.45, 7) is 8.51. The fourth-order valence-electron chi connectivity index (χ4n) is 3.85. The zero-order chi connectivity index (χ0) is 18.7. The largest absolute Gasteiger partial charge is 0.366 e. The van der Waals surface area contributed by atoms with Crippen LogP contribution in [0.15, 0.2) is 23.9 Å². The first-order valence-electron chi connectivity index (χ1n) is 9.97. The van der Waals surface area contributed by atoms with Crippen molar-refractivity contribution < 1.29 is 9.59 Å². The van der Waals surface area contributed by atoms with E-state index in [1.807, 2.05) is 12.1 Å². The Morgan fingerprint density at radius 1 is 0.923 bits per heavy atom. The number of aryl methyl sites for hydroxylation is 2. The summed E-state index contributed by atoms with van der Waals surface area (Å²) in [6.07, 6.45) is 6.36. The Morgan fingerprint density at radius 2 is 1.65 bits per heavy atom. The highest BCUT2D eigenvalue weighted by atomic mass is 16.2. The first kappa shape index (κ1) is 18.7. The van der Waals surface area contributed by atoms with Crippen molar-refractivity contribution in [1.82, 2.24) is 9.80 Å². The topological polar surface area (TPSA) is 40.6 Å². The predicted molar refractivity (Wildman–Crippen MR) is 105 cm³/mol. The molecule has 2 aliphatic heterocycles. The molecule has 0 atom stereocenters. The lowest BCUT2D eigenvalue weighted by molar-refractivity contribution is -0.137. The SMILES string of the molecule is CCCCCN1C(=O)C(c2ccc(C)c(C)c2)=C(N2CCCCC2)C1=O. The average molecular weight is 354 g/mol. The van der Waals surface area contributed by atoms with Gasteiger partial charge in [0.15, 0.2) is 0 Å². The summed E-state index contributed by atoms with van der Waals surface area (Å²) < 4.78 is 0. The first-order valence-corrected chi connectivity index (χ1v) is 9.97. The van der Waals surface area contributed by atoms with Gasteiger partial charge in [-0.15, -0.1) is 0 Å². The fraction of sp³-hybridized carbons (Fsp3) is 0.545. The molecule has 0 bridgehead atoms. The van der Waals surface area contributed by atoms with E-state index in [4.69, 9.17) is 0 Å². The molecule has 2 heterocycles. The lowest BCUT2D eigenvalue weighted by Crippen LogP contribution is -2.37. The molecule has 4 nitrogen and oxygen atoms in total. The van der Waals surface area contributed by atoms with Crippen LogP contribution >= 0.6 is 0 Å². The van der Waals surface area contributed by atoms with E-state index in [2.05, 4.69) is 31.7 Å². The third kappa shape index (κ3) is 3.55. The van der Waals surface area contributed by atoms with E-state index >= 15 is 0 Å². The van der Waals surface area contributed by atoms with E-state index in [1.165, 1.54) is 16.9 Å². The molecule has 2 amide bonds. The molecule has 0 saturated carbocycles. The van der Waals surface area contributed by atoms with Gasteiger partial charge in [0.25, 0.3) is 11.8 Å². The second-order valence-electron chi connectivity index (χ2n) is 7.54. The molecule has 0 N–H and O–H groups in total. The Kier molecular flexibility index (Phi) is 5.80. The molecule has 0 radical (unpaired) electrons. The Balaban J connectivity index is 2.00. The van der Waals surface area contributed by atoms with Crippen LogP contribution in [0.5, 0.6) is 0 Å². The summed E-state index contributed by atoms with van der Waals surface area (Å²) >= 11 is 0. The zero-order valence-electron chi connectivity index (χ0n) is 16.3. The number of nitrogens with zero attached hydrogens (tertiary/aromatic N) is 2. The van der Waals surface area contributed by atoms with Gasteiger partial charge in [-0.05, 0) is 56.2 Å². The maximum absolute atomic E-state index is 13.2. The minimum atomic E-state index is -0.116. The Bertz CT molecular complexity index is 730. The number of carbonyl (C=O) groups is 2. The average Bonchev–Trinajstić information content (AvgIpc) is 2.89. The van der Waals surface area contributed by atoms with Gasteiger partial charge in [-0.3, -0.25) is 14.5 Å². The summed E-state index contributed by atoms with van der Waals surface area (Å²) in [5.74, 6) is -0.212. The molecule has 1 aromatic rings. The quantitative estimate of drug-likeness (QED) is 0.571. The van der Waals surface area contributed by atoms with Crippen LogP contribution in [0.1, 0.15) is 62.1 Å². The predicted octanol–water partition coefficient (Wildman–Crippen LogP) is 4.06. The number of amides is 2. The number of hydrogen-bond acceptors (Lipinski definition) is 3. The summed E-state index contributed by atoms with van der Waals surface area (Å²) in [4.78, 5) is 30.0. The number of likely N-dealkylation sites (tertiary alicyclic amines) is 1. The van der Waals surface area contributed by atoms with Crippen molar-refractivity contribution in [3.05, 3.63) is 40.6 Å². The Hall–Kier alpha value is -2.10. The number of carbonyl (C=O) groups excluding carboxylic acids is 2. The minimum Gasteiger partial charge on any atom is -0.366 e. The van der Waals surface area contributed by atoms with E-state index in [0.29, 0.717) is 17.8 Å². The molecule has 3 rings (SSSR count).